The van der Waals surface area contributed by atoms with Crippen LogP contribution in [-0.4, -0.2) is 44.0 Å². The molecule has 0 aliphatic rings. The fourth-order valence-corrected chi connectivity index (χ4v) is 3.99. The van der Waals surface area contributed by atoms with Crippen LogP contribution in [0.2, 0.25) is 20.1 Å². The first-order valence-corrected chi connectivity index (χ1v) is 12.8. The van der Waals surface area contributed by atoms with Gasteiger partial charge in [0.1, 0.15) is 10.0 Å². The van der Waals surface area contributed by atoms with Gasteiger partial charge in [-0.2, -0.15) is 0 Å². The largest absolute Gasteiger partial charge is 2.00 e. The normalized spacial score (nSPS) is 10.4. The summed E-state index contributed by atoms with van der Waals surface area (Å²) in [5, 5.41) is 24.2. The molecule has 209 valence electrons. The molecule has 0 spiro atoms. The molecule has 6 N–H and O–H groups in total. The van der Waals surface area contributed by atoms with Crippen molar-refractivity contribution in [3.63, 3.8) is 0 Å². The zero-order valence-electron chi connectivity index (χ0n) is 20.8. The molecule has 0 bridgehead atoms. The SMILES string of the molecule is [Mn+2].[OH+]=C([N-]N=Cc1cc(Cl)cc(Cl)c1[OH2+])c1ccccc1.[OH+]=C([N-]N=Cc1cc(Cl)cc(Cl)c1[OH2+])c1ccccc1. The molecule has 13 heteroatoms. The second-order valence-corrected chi connectivity index (χ2v) is 9.46. The van der Waals surface area contributed by atoms with E-state index in [4.69, 9.17) is 56.6 Å². The van der Waals surface area contributed by atoms with E-state index in [-0.39, 0.29) is 50.4 Å². The average molecular weight is 675 g/mol. The van der Waals surface area contributed by atoms with Gasteiger partial charge in [0.2, 0.25) is 0 Å². The molecule has 8 nitrogen and oxygen atoms in total. The molecule has 0 aliphatic heterocycles. The number of rotatable bonds is 6. The number of hydrogen-bond acceptors (Lipinski definition) is 2. The molecule has 41 heavy (non-hydrogen) atoms. The van der Waals surface area contributed by atoms with E-state index in [2.05, 4.69) is 21.1 Å². The maximum absolute atomic E-state index is 9.71. The quantitative estimate of drug-likeness (QED) is 0.0871. The van der Waals surface area contributed by atoms with Crippen molar-refractivity contribution in [3.05, 3.63) is 138 Å². The van der Waals surface area contributed by atoms with Crippen LogP contribution in [0, 0.1) is 0 Å². The van der Waals surface area contributed by atoms with Gasteiger partial charge in [-0.25, -0.2) is 0 Å². The Morgan fingerprint density at radius 3 is 1.29 bits per heavy atom. The van der Waals surface area contributed by atoms with E-state index < -0.39 is 0 Å². The van der Waals surface area contributed by atoms with Crippen LogP contribution in [0.4, 0.5) is 0 Å². The number of hydrogen-bond donors (Lipinski definition) is 0. The fraction of sp³-hybridized carbons (Fsp3) is 0. The van der Waals surface area contributed by atoms with E-state index in [9.17, 15) is 9.59 Å². The van der Waals surface area contributed by atoms with E-state index in [0.29, 0.717) is 32.3 Å². The zero-order chi connectivity index (χ0) is 29.1. The first-order valence-electron chi connectivity index (χ1n) is 11.3. The van der Waals surface area contributed by atoms with Crippen LogP contribution in [0.3, 0.4) is 0 Å². The van der Waals surface area contributed by atoms with Gasteiger partial charge in [0.25, 0.3) is 23.3 Å². The Morgan fingerprint density at radius 1 is 0.610 bits per heavy atom. The minimum Gasteiger partial charge on any atom is -0.592 e. The smallest absolute Gasteiger partial charge is 0.592 e. The van der Waals surface area contributed by atoms with Gasteiger partial charge in [0.05, 0.1) is 22.3 Å². The van der Waals surface area contributed by atoms with Crippen molar-refractivity contribution in [2.45, 2.75) is 0 Å². The minimum absolute atomic E-state index is 0. The molecule has 0 saturated carbocycles. The van der Waals surface area contributed by atoms with Gasteiger partial charge >= 0.3 is 17.1 Å². The summed E-state index contributed by atoms with van der Waals surface area (Å²) in [6, 6.07) is 23.7. The van der Waals surface area contributed by atoms with Gasteiger partial charge in [0.15, 0.2) is 0 Å². The molecule has 0 aromatic heterocycles. The maximum Gasteiger partial charge on any atom is 2.00 e. The molecule has 4 aromatic carbocycles. The first kappa shape index (κ1) is 33.6. The maximum atomic E-state index is 9.71. The van der Waals surface area contributed by atoms with Crippen LogP contribution in [-0.2, 0) is 17.1 Å². The molecular formula is C28H22Cl4MnN4O4+4. The number of halogens is 4. The Kier molecular flexibility index (Phi) is 13.7. The van der Waals surface area contributed by atoms with Gasteiger partial charge in [-0.1, -0.05) is 82.8 Å². The first-order chi connectivity index (χ1) is 19.2. The van der Waals surface area contributed by atoms with Gasteiger partial charge in [-0.3, -0.25) is 9.59 Å². The monoisotopic (exact) mass is 673 g/mol. The molecular weight excluding hydrogens is 653 g/mol. The molecule has 0 fully saturated rings. The predicted octanol–water partition coefficient (Wildman–Crippen LogP) is 7.38. The number of nitrogens with zero attached hydrogens (tertiary/aromatic N) is 4. The number of amides is 2. The minimum atomic E-state index is -0.207. The van der Waals surface area contributed by atoms with Crippen molar-refractivity contribution in [2.24, 2.45) is 10.2 Å². The summed E-state index contributed by atoms with van der Waals surface area (Å²) in [6.07, 6.45) is 2.64. The Bertz CT molecular complexity index is 1440. The van der Waals surface area contributed by atoms with Gasteiger partial charge in [-0.05, 0) is 48.5 Å². The average Bonchev–Trinajstić information content (AvgIpc) is 2.95. The third-order valence-electron chi connectivity index (χ3n) is 4.93. The van der Waals surface area contributed by atoms with Gasteiger partial charge < -0.3 is 31.3 Å². The molecule has 0 atom stereocenters. The van der Waals surface area contributed by atoms with Crippen LogP contribution in [0.1, 0.15) is 22.3 Å². The second-order valence-electron chi connectivity index (χ2n) is 7.77. The van der Waals surface area contributed by atoms with Crippen molar-refractivity contribution >= 4 is 70.6 Å². The molecule has 2 amide bonds. The van der Waals surface area contributed by atoms with E-state index >= 15 is 0 Å². The number of carbonyl (C=O) groups excluding carboxylic acids is 2. The molecule has 1 radical (unpaired) electrons. The van der Waals surface area contributed by atoms with Crippen LogP contribution in [0.5, 0.6) is 11.5 Å². The zero-order valence-corrected chi connectivity index (χ0v) is 25.0. The molecule has 0 heterocycles. The Labute approximate surface area is 266 Å². The summed E-state index contributed by atoms with van der Waals surface area (Å²) in [5.74, 6) is -0.202. The van der Waals surface area contributed by atoms with Crippen molar-refractivity contribution in [2.75, 3.05) is 0 Å². The van der Waals surface area contributed by atoms with Crippen molar-refractivity contribution in [1.82, 2.24) is 0 Å². The van der Waals surface area contributed by atoms with E-state index in [1.165, 1.54) is 24.6 Å². The van der Waals surface area contributed by atoms with Crippen LogP contribution >= 0.6 is 46.4 Å². The van der Waals surface area contributed by atoms with Crippen molar-refractivity contribution < 1.29 is 36.9 Å². The number of benzene rings is 4. The van der Waals surface area contributed by atoms with Crippen molar-refractivity contribution in [1.29, 1.82) is 0 Å². The summed E-state index contributed by atoms with van der Waals surface area (Å²) in [4.78, 5) is 19.4. The van der Waals surface area contributed by atoms with E-state index in [1.54, 1.807) is 60.7 Å². The summed E-state index contributed by atoms with van der Waals surface area (Å²) in [6.45, 7) is 0. The Hall–Kier alpha value is -3.56. The molecule has 4 aromatic rings. The Balaban J connectivity index is 0.000000280. The second kappa shape index (κ2) is 16.6. The molecule has 0 unspecified atom stereocenters. The molecule has 0 saturated heterocycles. The van der Waals surface area contributed by atoms with Crippen LogP contribution in [0.15, 0.2) is 95.1 Å². The molecule has 4 rings (SSSR count). The van der Waals surface area contributed by atoms with E-state index in [1.807, 2.05) is 12.1 Å². The summed E-state index contributed by atoms with van der Waals surface area (Å²) in [7, 11) is 0. The summed E-state index contributed by atoms with van der Waals surface area (Å²) in [5.41, 5.74) is 9.28. The topological polar surface area (TPSA) is 142 Å². The third-order valence-corrected chi connectivity index (χ3v) is 5.97. The standard InChI is InChI=1S/2C14H10Cl2N2O2.Mn/c2*15-11-6-10(13(19)12(16)7-11)8-17-18-14(20)9-4-2-1-3-5-9;/h2*1-8H,(H2,17,18,19,20);/q;;+2/p+2. The van der Waals surface area contributed by atoms with Crippen molar-refractivity contribution in [3.8, 4) is 11.5 Å². The van der Waals surface area contributed by atoms with Crippen LogP contribution < -0.4 is 0 Å². The van der Waals surface area contributed by atoms with Crippen LogP contribution in [0.25, 0.3) is 10.9 Å². The Morgan fingerprint density at radius 2 is 0.951 bits per heavy atom. The molecule has 0 aliphatic carbocycles. The fourth-order valence-electron chi connectivity index (χ4n) is 2.97. The summed E-state index contributed by atoms with van der Waals surface area (Å²) >= 11 is 23.4. The predicted molar refractivity (Wildman–Crippen MR) is 166 cm³/mol. The van der Waals surface area contributed by atoms with Gasteiger partial charge in [-0.15, -0.1) is 0 Å². The third kappa shape index (κ3) is 10.4. The summed E-state index contributed by atoms with van der Waals surface area (Å²) < 4.78 is 0. The van der Waals surface area contributed by atoms with Gasteiger partial charge in [0, 0.05) is 22.5 Å². The van der Waals surface area contributed by atoms with E-state index in [0.717, 1.165) is 0 Å².